The lowest BCUT2D eigenvalue weighted by Crippen LogP contribution is -2.24. The first-order valence-corrected chi connectivity index (χ1v) is 6.14. The zero-order valence-electron chi connectivity index (χ0n) is 9.95. The molecule has 0 aliphatic heterocycles. The number of nitrogens with zero attached hydrogens (tertiary/aromatic N) is 3. The number of aromatic nitrogens is 3. The van der Waals surface area contributed by atoms with Crippen LogP contribution in [0.1, 0.15) is 26.1 Å². The minimum Gasteiger partial charge on any atom is -0.330 e. The van der Waals surface area contributed by atoms with Gasteiger partial charge in [0.2, 0.25) is 0 Å². The monoisotopic (exact) mass is 228 g/mol. The molecule has 0 unspecified atom stereocenters. The molecular formula is C10H20N4S. The van der Waals surface area contributed by atoms with Gasteiger partial charge in [-0.1, -0.05) is 25.6 Å². The molecule has 15 heavy (non-hydrogen) atoms. The van der Waals surface area contributed by atoms with Crippen molar-refractivity contribution < 1.29 is 0 Å². The van der Waals surface area contributed by atoms with Gasteiger partial charge in [0.1, 0.15) is 5.82 Å². The summed E-state index contributed by atoms with van der Waals surface area (Å²) >= 11 is 1.74. The van der Waals surface area contributed by atoms with E-state index in [2.05, 4.69) is 24.0 Å². The topological polar surface area (TPSA) is 56.7 Å². The van der Waals surface area contributed by atoms with Gasteiger partial charge in [-0.05, 0) is 25.3 Å². The van der Waals surface area contributed by atoms with Crippen LogP contribution < -0.4 is 5.73 Å². The average molecular weight is 228 g/mol. The summed E-state index contributed by atoms with van der Waals surface area (Å²) in [6.07, 6.45) is 1.10. The van der Waals surface area contributed by atoms with Gasteiger partial charge in [0.15, 0.2) is 5.16 Å². The van der Waals surface area contributed by atoms with Crippen molar-refractivity contribution in [3.05, 3.63) is 5.82 Å². The summed E-state index contributed by atoms with van der Waals surface area (Å²) in [5, 5.41) is 9.11. The highest BCUT2D eigenvalue weighted by Crippen LogP contribution is 2.24. The second-order valence-corrected chi connectivity index (χ2v) is 5.62. The highest BCUT2D eigenvalue weighted by Gasteiger charge is 2.15. The predicted octanol–water partition coefficient (Wildman–Crippen LogP) is 1.59. The number of thioether (sulfide) groups is 1. The van der Waals surface area contributed by atoms with Gasteiger partial charge in [-0.3, -0.25) is 0 Å². The van der Waals surface area contributed by atoms with Gasteiger partial charge in [-0.25, -0.2) is 0 Å². The Morgan fingerprint density at radius 3 is 2.53 bits per heavy atom. The summed E-state index contributed by atoms with van der Waals surface area (Å²) in [5.74, 6) is 1.99. The third-order valence-corrected chi connectivity index (χ3v) is 3.64. The van der Waals surface area contributed by atoms with Gasteiger partial charge in [-0.15, -0.1) is 10.2 Å². The third kappa shape index (κ3) is 3.50. The van der Waals surface area contributed by atoms with E-state index in [-0.39, 0.29) is 5.41 Å². The molecule has 0 aromatic carbocycles. The molecule has 1 rings (SSSR count). The van der Waals surface area contributed by atoms with Gasteiger partial charge in [0, 0.05) is 12.8 Å². The van der Waals surface area contributed by atoms with E-state index in [9.17, 15) is 0 Å². The molecule has 0 fully saturated rings. The van der Waals surface area contributed by atoms with Crippen LogP contribution in [0.5, 0.6) is 0 Å². The van der Waals surface area contributed by atoms with E-state index >= 15 is 0 Å². The molecule has 0 bridgehead atoms. The first-order chi connectivity index (χ1) is 6.96. The normalized spacial score (nSPS) is 12.1. The zero-order valence-corrected chi connectivity index (χ0v) is 10.8. The number of rotatable bonds is 5. The molecule has 2 N–H and O–H groups in total. The van der Waals surface area contributed by atoms with E-state index in [1.807, 2.05) is 18.5 Å². The van der Waals surface area contributed by atoms with Gasteiger partial charge in [-0.2, -0.15) is 0 Å². The quantitative estimate of drug-likeness (QED) is 0.778. The van der Waals surface area contributed by atoms with E-state index in [0.29, 0.717) is 0 Å². The molecule has 0 amide bonds. The SMILES string of the molecule is Cc1nnc(SCCC(C)(C)CN)n1C. The van der Waals surface area contributed by atoms with E-state index < -0.39 is 0 Å². The number of aryl methyl sites for hydroxylation is 1. The first kappa shape index (κ1) is 12.5. The maximum atomic E-state index is 5.68. The van der Waals surface area contributed by atoms with Crippen molar-refractivity contribution >= 4 is 11.8 Å². The Morgan fingerprint density at radius 2 is 2.07 bits per heavy atom. The van der Waals surface area contributed by atoms with E-state index in [1.165, 1.54) is 0 Å². The predicted molar refractivity (Wildman–Crippen MR) is 63.9 cm³/mol. The molecule has 0 atom stereocenters. The molecule has 0 saturated carbocycles. The standard InChI is InChI=1S/C10H20N4S/c1-8-12-13-9(14(8)4)15-6-5-10(2,3)7-11/h5-7,11H2,1-4H3. The lowest BCUT2D eigenvalue weighted by atomic mass is 9.91. The van der Waals surface area contributed by atoms with Crippen molar-refractivity contribution in [3.63, 3.8) is 0 Å². The molecule has 1 aromatic heterocycles. The molecular weight excluding hydrogens is 208 g/mol. The van der Waals surface area contributed by atoms with Crippen LogP contribution in [-0.2, 0) is 7.05 Å². The number of hydrogen-bond acceptors (Lipinski definition) is 4. The molecule has 1 heterocycles. The summed E-state index contributed by atoms with van der Waals surface area (Å²) < 4.78 is 2.01. The highest BCUT2D eigenvalue weighted by molar-refractivity contribution is 7.99. The smallest absolute Gasteiger partial charge is 0.190 e. The van der Waals surface area contributed by atoms with Crippen LogP contribution in [0.4, 0.5) is 0 Å². The second-order valence-electron chi connectivity index (χ2n) is 4.56. The van der Waals surface area contributed by atoms with Crippen molar-refractivity contribution in [1.29, 1.82) is 0 Å². The minimum absolute atomic E-state index is 0.223. The molecule has 0 spiro atoms. The van der Waals surface area contributed by atoms with E-state index in [4.69, 9.17) is 5.73 Å². The van der Waals surface area contributed by atoms with Crippen molar-refractivity contribution in [3.8, 4) is 0 Å². The summed E-state index contributed by atoms with van der Waals surface area (Å²) in [5.41, 5.74) is 5.90. The van der Waals surface area contributed by atoms with Crippen LogP contribution in [0.15, 0.2) is 5.16 Å². The van der Waals surface area contributed by atoms with Crippen LogP contribution >= 0.6 is 11.8 Å². The van der Waals surface area contributed by atoms with Crippen LogP contribution in [0, 0.1) is 12.3 Å². The van der Waals surface area contributed by atoms with Crippen molar-refractivity contribution in [2.75, 3.05) is 12.3 Å². The first-order valence-electron chi connectivity index (χ1n) is 5.15. The van der Waals surface area contributed by atoms with Crippen molar-refractivity contribution in [2.24, 2.45) is 18.2 Å². The summed E-state index contributed by atoms with van der Waals surface area (Å²) in [6, 6.07) is 0. The number of nitrogens with two attached hydrogens (primary N) is 1. The Balaban J connectivity index is 2.42. The second kappa shape index (κ2) is 4.99. The van der Waals surface area contributed by atoms with Crippen molar-refractivity contribution in [2.45, 2.75) is 32.3 Å². The fraction of sp³-hybridized carbons (Fsp3) is 0.800. The Labute approximate surface area is 95.6 Å². The summed E-state index contributed by atoms with van der Waals surface area (Å²) in [6.45, 7) is 7.07. The maximum Gasteiger partial charge on any atom is 0.190 e. The lowest BCUT2D eigenvalue weighted by Gasteiger charge is -2.21. The molecule has 86 valence electrons. The minimum atomic E-state index is 0.223. The molecule has 0 radical (unpaired) electrons. The fourth-order valence-electron chi connectivity index (χ4n) is 1.03. The zero-order chi connectivity index (χ0) is 11.5. The van der Waals surface area contributed by atoms with Gasteiger partial charge >= 0.3 is 0 Å². The molecule has 0 aliphatic carbocycles. The molecule has 0 saturated heterocycles. The van der Waals surface area contributed by atoms with Gasteiger partial charge in [0.25, 0.3) is 0 Å². The Bertz CT molecular complexity index is 319. The largest absolute Gasteiger partial charge is 0.330 e. The average Bonchev–Trinajstić information content (AvgIpc) is 2.49. The van der Waals surface area contributed by atoms with Crippen LogP contribution in [0.3, 0.4) is 0 Å². The number of hydrogen-bond donors (Lipinski definition) is 1. The molecule has 1 aromatic rings. The van der Waals surface area contributed by atoms with E-state index in [1.54, 1.807) is 11.8 Å². The van der Waals surface area contributed by atoms with Crippen molar-refractivity contribution in [1.82, 2.24) is 14.8 Å². The van der Waals surface area contributed by atoms with E-state index in [0.717, 1.165) is 29.7 Å². The van der Waals surface area contributed by atoms with Gasteiger partial charge in [0.05, 0.1) is 0 Å². The van der Waals surface area contributed by atoms with Crippen LogP contribution in [0.25, 0.3) is 0 Å². The third-order valence-electron chi connectivity index (χ3n) is 2.62. The summed E-state index contributed by atoms with van der Waals surface area (Å²) in [4.78, 5) is 0. The Hall–Kier alpha value is -0.550. The maximum absolute atomic E-state index is 5.68. The Morgan fingerprint density at radius 1 is 1.40 bits per heavy atom. The fourth-order valence-corrected chi connectivity index (χ4v) is 2.30. The van der Waals surface area contributed by atoms with Gasteiger partial charge < -0.3 is 10.3 Å². The van der Waals surface area contributed by atoms with Crippen LogP contribution in [-0.4, -0.2) is 27.1 Å². The lowest BCUT2D eigenvalue weighted by molar-refractivity contribution is 0.368. The molecule has 0 aliphatic rings. The Kier molecular flexibility index (Phi) is 4.16. The van der Waals surface area contributed by atoms with Crippen LogP contribution in [0.2, 0.25) is 0 Å². The summed E-state index contributed by atoms with van der Waals surface area (Å²) in [7, 11) is 1.99. The molecule has 4 nitrogen and oxygen atoms in total. The highest BCUT2D eigenvalue weighted by atomic mass is 32.2. The molecule has 5 heteroatoms.